The van der Waals surface area contributed by atoms with Crippen LogP contribution in [0, 0.1) is 5.92 Å². The number of nitrogens with one attached hydrogen (secondary N) is 1. The number of ether oxygens (including phenoxy) is 1. The van der Waals surface area contributed by atoms with Crippen molar-refractivity contribution in [2.45, 2.75) is 19.4 Å². The molecule has 0 atom stereocenters. The van der Waals surface area contributed by atoms with Crippen LogP contribution in [0.1, 0.15) is 28.8 Å². The van der Waals surface area contributed by atoms with E-state index in [4.69, 9.17) is 4.74 Å². The van der Waals surface area contributed by atoms with Crippen LogP contribution >= 0.6 is 0 Å². The number of hydrogen-bond acceptors (Lipinski definition) is 5. The molecule has 1 aliphatic heterocycles. The van der Waals surface area contributed by atoms with Gasteiger partial charge < -0.3 is 25.2 Å². The van der Waals surface area contributed by atoms with E-state index in [1.54, 1.807) is 4.90 Å². The topological polar surface area (TPSA) is 99.1 Å². The first-order valence-corrected chi connectivity index (χ1v) is 9.28. The van der Waals surface area contributed by atoms with Crippen LogP contribution in [0.2, 0.25) is 0 Å². The van der Waals surface area contributed by atoms with E-state index in [1.807, 2.05) is 30.3 Å². The molecule has 0 spiro atoms. The number of hydrogen-bond donors (Lipinski definition) is 3. The van der Waals surface area contributed by atoms with Crippen LogP contribution in [0.4, 0.5) is 4.79 Å². The molecule has 0 aliphatic carbocycles. The summed E-state index contributed by atoms with van der Waals surface area (Å²) < 4.78 is 5.35. The highest BCUT2D eigenvalue weighted by molar-refractivity contribution is 5.97. The SMILES string of the molecule is O=C(NCC1CCN(C(=O)OCc2ccccc2)CC1)c1cc(O)ccc1O. The van der Waals surface area contributed by atoms with Gasteiger partial charge >= 0.3 is 6.09 Å². The predicted molar refractivity (Wildman–Crippen MR) is 103 cm³/mol. The first kappa shape index (κ1) is 19.5. The fourth-order valence-corrected chi connectivity index (χ4v) is 3.17. The van der Waals surface area contributed by atoms with Crippen molar-refractivity contribution in [1.82, 2.24) is 10.2 Å². The molecule has 7 nitrogen and oxygen atoms in total. The Hall–Kier alpha value is -3.22. The Kier molecular flexibility index (Phi) is 6.37. The van der Waals surface area contributed by atoms with Gasteiger partial charge in [0.25, 0.3) is 5.91 Å². The third kappa shape index (κ3) is 5.16. The first-order chi connectivity index (χ1) is 13.5. The lowest BCUT2D eigenvalue weighted by Gasteiger charge is -2.31. The standard InChI is InChI=1S/C21H24N2O5/c24-17-6-7-19(25)18(12-17)20(26)22-13-15-8-10-23(11-9-15)21(27)28-14-16-4-2-1-3-5-16/h1-7,12,15,24-25H,8-11,13-14H2,(H,22,26). The van der Waals surface area contributed by atoms with E-state index in [1.165, 1.54) is 18.2 Å². The minimum atomic E-state index is -0.432. The molecule has 28 heavy (non-hydrogen) atoms. The maximum Gasteiger partial charge on any atom is 0.410 e. The number of carbonyl (C=O) groups is 2. The van der Waals surface area contributed by atoms with Crippen molar-refractivity contribution in [2.24, 2.45) is 5.92 Å². The molecule has 0 aromatic heterocycles. The minimum Gasteiger partial charge on any atom is -0.508 e. The van der Waals surface area contributed by atoms with Crippen LogP contribution in [-0.2, 0) is 11.3 Å². The average Bonchev–Trinajstić information content (AvgIpc) is 2.73. The second-order valence-corrected chi connectivity index (χ2v) is 6.88. The molecule has 1 heterocycles. The molecule has 3 rings (SSSR count). The monoisotopic (exact) mass is 384 g/mol. The smallest absolute Gasteiger partial charge is 0.410 e. The lowest BCUT2D eigenvalue weighted by Crippen LogP contribution is -2.41. The molecule has 7 heteroatoms. The molecule has 2 aromatic carbocycles. The van der Waals surface area contributed by atoms with Crippen LogP contribution in [0.3, 0.4) is 0 Å². The summed E-state index contributed by atoms with van der Waals surface area (Å²) in [6, 6.07) is 13.4. The number of likely N-dealkylation sites (tertiary alicyclic amines) is 1. The van der Waals surface area contributed by atoms with Gasteiger partial charge in [0.2, 0.25) is 0 Å². The zero-order valence-electron chi connectivity index (χ0n) is 15.5. The van der Waals surface area contributed by atoms with E-state index in [9.17, 15) is 19.8 Å². The Morgan fingerprint density at radius 2 is 1.79 bits per heavy atom. The lowest BCUT2D eigenvalue weighted by molar-refractivity contribution is 0.0800. The number of rotatable bonds is 5. The highest BCUT2D eigenvalue weighted by Gasteiger charge is 2.24. The highest BCUT2D eigenvalue weighted by atomic mass is 16.6. The van der Waals surface area contributed by atoms with Crippen LogP contribution in [0.15, 0.2) is 48.5 Å². The van der Waals surface area contributed by atoms with Crippen molar-refractivity contribution in [3.63, 3.8) is 0 Å². The van der Waals surface area contributed by atoms with Gasteiger partial charge in [0.1, 0.15) is 18.1 Å². The van der Waals surface area contributed by atoms with Crippen LogP contribution in [0.5, 0.6) is 11.5 Å². The number of phenols is 2. The summed E-state index contributed by atoms with van der Waals surface area (Å²) in [5, 5.41) is 22.0. The number of aromatic hydroxyl groups is 2. The maximum absolute atomic E-state index is 12.2. The van der Waals surface area contributed by atoms with E-state index >= 15 is 0 Å². The fraction of sp³-hybridized carbons (Fsp3) is 0.333. The molecule has 3 N–H and O–H groups in total. The maximum atomic E-state index is 12.2. The van der Waals surface area contributed by atoms with E-state index in [0.717, 1.165) is 18.4 Å². The van der Waals surface area contributed by atoms with Gasteiger partial charge in [0.15, 0.2) is 0 Å². The normalized spacial score (nSPS) is 14.5. The van der Waals surface area contributed by atoms with Crippen LogP contribution in [-0.4, -0.2) is 46.7 Å². The Morgan fingerprint density at radius 3 is 2.50 bits per heavy atom. The molecular weight excluding hydrogens is 360 g/mol. The third-order valence-electron chi connectivity index (χ3n) is 4.85. The Morgan fingerprint density at radius 1 is 1.07 bits per heavy atom. The fourth-order valence-electron chi connectivity index (χ4n) is 3.17. The van der Waals surface area contributed by atoms with Gasteiger partial charge in [-0.1, -0.05) is 30.3 Å². The Bertz CT molecular complexity index is 817. The van der Waals surface area contributed by atoms with Gasteiger partial charge in [0, 0.05) is 19.6 Å². The summed E-state index contributed by atoms with van der Waals surface area (Å²) in [7, 11) is 0. The van der Waals surface area contributed by atoms with E-state index in [2.05, 4.69) is 5.32 Å². The van der Waals surface area contributed by atoms with E-state index in [0.29, 0.717) is 19.6 Å². The predicted octanol–water partition coefficient (Wildman–Crippen LogP) is 2.88. The Labute approximate surface area is 163 Å². The van der Waals surface area contributed by atoms with E-state index in [-0.39, 0.29) is 35.7 Å². The molecule has 0 unspecified atom stereocenters. The average molecular weight is 384 g/mol. The summed E-state index contributed by atoms with van der Waals surface area (Å²) in [4.78, 5) is 26.1. The number of amides is 2. The molecule has 148 valence electrons. The lowest BCUT2D eigenvalue weighted by atomic mass is 9.97. The third-order valence-corrected chi connectivity index (χ3v) is 4.85. The summed E-state index contributed by atoms with van der Waals surface area (Å²) in [5.41, 5.74) is 0.991. The minimum absolute atomic E-state index is 0.0434. The molecule has 1 aliphatic rings. The van der Waals surface area contributed by atoms with Gasteiger partial charge in [-0.05, 0) is 42.5 Å². The zero-order valence-corrected chi connectivity index (χ0v) is 15.5. The first-order valence-electron chi connectivity index (χ1n) is 9.28. The number of piperidine rings is 1. The summed E-state index contributed by atoms with van der Waals surface area (Å²) in [6.07, 6.45) is 1.19. The van der Waals surface area contributed by atoms with Gasteiger partial charge in [-0.3, -0.25) is 4.79 Å². The van der Waals surface area contributed by atoms with Gasteiger partial charge in [-0.2, -0.15) is 0 Å². The second-order valence-electron chi connectivity index (χ2n) is 6.88. The molecule has 1 saturated heterocycles. The largest absolute Gasteiger partial charge is 0.508 e. The van der Waals surface area contributed by atoms with Gasteiger partial charge in [-0.15, -0.1) is 0 Å². The van der Waals surface area contributed by atoms with Gasteiger partial charge in [-0.25, -0.2) is 4.79 Å². The van der Waals surface area contributed by atoms with Crippen LogP contribution in [0.25, 0.3) is 0 Å². The molecular formula is C21H24N2O5. The summed E-state index contributed by atoms with van der Waals surface area (Å²) in [5.74, 6) is -0.448. The molecule has 0 saturated carbocycles. The zero-order chi connectivity index (χ0) is 19.9. The summed E-state index contributed by atoms with van der Waals surface area (Å²) in [6.45, 7) is 1.85. The van der Waals surface area contributed by atoms with Crippen molar-refractivity contribution in [1.29, 1.82) is 0 Å². The van der Waals surface area contributed by atoms with Crippen molar-refractivity contribution in [2.75, 3.05) is 19.6 Å². The Balaban J connectivity index is 1.41. The van der Waals surface area contributed by atoms with Crippen molar-refractivity contribution < 1.29 is 24.5 Å². The van der Waals surface area contributed by atoms with Crippen molar-refractivity contribution >= 4 is 12.0 Å². The van der Waals surface area contributed by atoms with Crippen molar-refractivity contribution in [3.05, 3.63) is 59.7 Å². The number of phenolic OH excluding ortho intramolecular Hbond substituents is 2. The molecule has 2 amide bonds. The quantitative estimate of drug-likeness (QED) is 0.689. The number of benzene rings is 2. The number of carbonyl (C=O) groups excluding carboxylic acids is 2. The van der Waals surface area contributed by atoms with E-state index < -0.39 is 5.91 Å². The number of nitrogens with zero attached hydrogens (tertiary/aromatic N) is 1. The van der Waals surface area contributed by atoms with Crippen LogP contribution < -0.4 is 5.32 Å². The summed E-state index contributed by atoms with van der Waals surface area (Å²) >= 11 is 0. The molecule has 0 radical (unpaired) electrons. The molecule has 0 bridgehead atoms. The highest BCUT2D eigenvalue weighted by Crippen LogP contribution is 2.22. The van der Waals surface area contributed by atoms with Gasteiger partial charge in [0.05, 0.1) is 5.56 Å². The second kappa shape index (κ2) is 9.12. The van der Waals surface area contributed by atoms with Crippen molar-refractivity contribution in [3.8, 4) is 11.5 Å². The molecule has 1 fully saturated rings. The molecule has 2 aromatic rings.